The number of hydrogen-bond donors (Lipinski definition) is 2. The summed E-state index contributed by atoms with van der Waals surface area (Å²) >= 11 is 0. The van der Waals surface area contributed by atoms with E-state index in [4.69, 9.17) is 0 Å². The van der Waals surface area contributed by atoms with E-state index in [9.17, 15) is 14.0 Å². The number of nitrogens with one attached hydrogen (secondary N) is 2. The summed E-state index contributed by atoms with van der Waals surface area (Å²) in [7, 11) is 0. The van der Waals surface area contributed by atoms with E-state index >= 15 is 0 Å². The van der Waals surface area contributed by atoms with Crippen molar-refractivity contribution in [3.63, 3.8) is 0 Å². The molecule has 6 heteroatoms. The average Bonchev–Trinajstić information content (AvgIpc) is 3.68. The molecular formula is C32H40FN3O2. The van der Waals surface area contributed by atoms with Crippen LogP contribution in [0.15, 0.2) is 54.6 Å². The zero-order valence-electron chi connectivity index (χ0n) is 22.2. The second-order valence-electron chi connectivity index (χ2n) is 12.1. The van der Waals surface area contributed by atoms with E-state index in [-0.39, 0.29) is 42.1 Å². The topological polar surface area (TPSA) is 61.4 Å². The molecule has 0 radical (unpaired) electrons. The fraction of sp³-hybridized carbons (Fsp3) is 0.562. The van der Waals surface area contributed by atoms with Gasteiger partial charge in [0.2, 0.25) is 11.8 Å². The predicted octanol–water partition coefficient (Wildman–Crippen LogP) is 5.16. The first kappa shape index (κ1) is 25.5. The third-order valence-corrected chi connectivity index (χ3v) is 9.61. The summed E-state index contributed by atoms with van der Waals surface area (Å²) in [5.74, 6) is 1.61. The van der Waals surface area contributed by atoms with Crippen LogP contribution < -0.4 is 10.6 Å². The Balaban J connectivity index is 1.03. The van der Waals surface area contributed by atoms with E-state index in [0.717, 1.165) is 43.7 Å². The molecule has 2 aromatic rings. The highest BCUT2D eigenvalue weighted by atomic mass is 19.1. The van der Waals surface area contributed by atoms with Crippen LogP contribution in [0.25, 0.3) is 0 Å². The summed E-state index contributed by atoms with van der Waals surface area (Å²) in [6.07, 6.45) is 10.4. The van der Waals surface area contributed by atoms with Gasteiger partial charge in [-0.05, 0) is 92.9 Å². The van der Waals surface area contributed by atoms with Gasteiger partial charge >= 0.3 is 0 Å². The van der Waals surface area contributed by atoms with Crippen molar-refractivity contribution in [2.24, 2.45) is 17.8 Å². The van der Waals surface area contributed by atoms with Gasteiger partial charge in [0.1, 0.15) is 5.82 Å². The third kappa shape index (κ3) is 5.80. The highest BCUT2D eigenvalue weighted by Crippen LogP contribution is 2.50. The van der Waals surface area contributed by atoms with Gasteiger partial charge in [-0.2, -0.15) is 0 Å². The maximum Gasteiger partial charge on any atom is 0.224 e. The highest BCUT2D eigenvalue weighted by molar-refractivity contribution is 5.80. The second kappa shape index (κ2) is 11.2. The number of piperidine rings is 1. The summed E-state index contributed by atoms with van der Waals surface area (Å²) in [4.78, 5) is 28.5. The summed E-state index contributed by atoms with van der Waals surface area (Å²) in [6, 6.07) is 17.8. The van der Waals surface area contributed by atoms with Crippen LogP contribution in [0, 0.1) is 23.6 Å². The molecule has 5 nitrogen and oxygen atoms in total. The van der Waals surface area contributed by atoms with E-state index < -0.39 is 0 Å². The molecule has 2 N–H and O–H groups in total. The maximum atomic E-state index is 13.3. The lowest BCUT2D eigenvalue weighted by Gasteiger charge is -2.40. The van der Waals surface area contributed by atoms with Crippen LogP contribution in [0.2, 0.25) is 0 Å². The van der Waals surface area contributed by atoms with Crippen LogP contribution in [0.4, 0.5) is 4.39 Å². The molecular weight excluding hydrogens is 477 g/mol. The Bertz CT molecular complexity index is 1110. The molecule has 2 saturated carbocycles. The molecule has 2 heterocycles. The maximum absolute atomic E-state index is 13.3. The molecule has 2 aromatic carbocycles. The molecule has 0 aromatic heterocycles. The van der Waals surface area contributed by atoms with Gasteiger partial charge in [-0.15, -0.1) is 0 Å². The SMILES string of the molecule is O=C(Cc1ccc(F)cc1)NC1CC2CCC(C1)N2CC[C@H](NC(=O)C1CCC1C1CC1)c1ccccc1. The van der Waals surface area contributed by atoms with Crippen molar-refractivity contribution in [2.75, 3.05) is 6.54 Å². The van der Waals surface area contributed by atoms with Crippen molar-refractivity contribution in [1.82, 2.24) is 15.5 Å². The number of carbonyl (C=O) groups is 2. The molecule has 2 aliphatic carbocycles. The molecule has 4 fully saturated rings. The van der Waals surface area contributed by atoms with Gasteiger partial charge in [-0.1, -0.05) is 42.5 Å². The summed E-state index contributed by atoms with van der Waals surface area (Å²) < 4.78 is 13.2. The van der Waals surface area contributed by atoms with Crippen LogP contribution in [0.5, 0.6) is 0 Å². The minimum Gasteiger partial charge on any atom is -0.353 e. The number of carbonyl (C=O) groups excluding carboxylic acids is 2. The standard InChI is InChI=1S/C32H40FN3O2/c33-24-10-6-21(7-11-24)18-31(37)34-25-19-26-12-13-27(20-25)36(26)17-16-30(23-4-2-1-3-5-23)35-32(38)29-15-14-28(29)22-8-9-22/h1-7,10-11,22,25-30H,8-9,12-20H2,(H,34,37)(H,35,38)/t25?,26?,27?,28?,29?,30-/m0/s1. The summed E-state index contributed by atoms with van der Waals surface area (Å²) in [5.41, 5.74) is 2.03. The lowest BCUT2D eigenvalue weighted by atomic mass is 9.70. The normalized spacial score (nSPS) is 29.3. The molecule has 6 rings (SSSR count). The molecule has 4 aliphatic rings. The van der Waals surface area contributed by atoms with E-state index in [2.05, 4.69) is 39.8 Å². The zero-order valence-corrected chi connectivity index (χ0v) is 22.2. The minimum absolute atomic E-state index is 0.0156. The van der Waals surface area contributed by atoms with Crippen molar-refractivity contribution >= 4 is 11.8 Å². The monoisotopic (exact) mass is 517 g/mol. The van der Waals surface area contributed by atoms with Crippen LogP contribution in [0.3, 0.4) is 0 Å². The van der Waals surface area contributed by atoms with Gasteiger partial charge in [-0.25, -0.2) is 4.39 Å². The van der Waals surface area contributed by atoms with Crippen molar-refractivity contribution in [3.8, 4) is 0 Å². The van der Waals surface area contributed by atoms with Gasteiger partial charge in [0.25, 0.3) is 0 Å². The zero-order chi connectivity index (χ0) is 26.1. The van der Waals surface area contributed by atoms with E-state index in [1.807, 2.05) is 6.07 Å². The molecule has 0 spiro atoms. The van der Waals surface area contributed by atoms with Gasteiger partial charge in [0.05, 0.1) is 12.5 Å². The Labute approximate surface area is 225 Å². The Morgan fingerprint density at radius 1 is 0.895 bits per heavy atom. The average molecular weight is 518 g/mol. The lowest BCUT2D eigenvalue weighted by Crippen LogP contribution is -2.51. The van der Waals surface area contributed by atoms with Crippen molar-refractivity contribution in [2.45, 2.75) is 88.4 Å². The van der Waals surface area contributed by atoms with Crippen molar-refractivity contribution < 1.29 is 14.0 Å². The van der Waals surface area contributed by atoms with Crippen LogP contribution in [-0.4, -0.2) is 41.4 Å². The van der Waals surface area contributed by atoms with Crippen molar-refractivity contribution in [3.05, 3.63) is 71.5 Å². The molecule has 2 saturated heterocycles. The number of fused-ring (bicyclic) bond motifs is 2. The predicted molar refractivity (Wildman–Crippen MR) is 146 cm³/mol. The van der Waals surface area contributed by atoms with Gasteiger partial charge < -0.3 is 10.6 Å². The molecule has 4 unspecified atom stereocenters. The molecule has 202 valence electrons. The molecule has 2 bridgehead atoms. The summed E-state index contributed by atoms with van der Waals surface area (Å²) in [5, 5.41) is 6.70. The Morgan fingerprint density at radius 3 is 2.24 bits per heavy atom. The number of rotatable bonds is 10. The van der Waals surface area contributed by atoms with Gasteiger partial charge in [-0.3, -0.25) is 14.5 Å². The molecule has 2 amide bonds. The first-order valence-electron chi connectivity index (χ1n) is 14.7. The number of hydrogen-bond acceptors (Lipinski definition) is 3. The number of nitrogens with zero attached hydrogens (tertiary/aromatic N) is 1. The van der Waals surface area contributed by atoms with Gasteiger partial charge in [0, 0.05) is 30.6 Å². The fourth-order valence-corrected chi connectivity index (χ4v) is 7.33. The number of halogens is 1. The quantitative estimate of drug-likeness (QED) is 0.458. The molecule has 5 atom stereocenters. The Morgan fingerprint density at radius 2 is 1.61 bits per heavy atom. The van der Waals surface area contributed by atoms with E-state index in [0.29, 0.717) is 18.0 Å². The first-order valence-corrected chi connectivity index (χ1v) is 14.7. The molecule has 38 heavy (non-hydrogen) atoms. The number of benzene rings is 2. The van der Waals surface area contributed by atoms with Gasteiger partial charge in [0.15, 0.2) is 0 Å². The largest absolute Gasteiger partial charge is 0.353 e. The number of amides is 2. The smallest absolute Gasteiger partial charge is 0.224 e. The third-order valence-electron chi connectivity index (χ3n) is 9.61. The van der Waals surface area contributed by atoms with Crippen LogP contribution >= 0.6 is 0 Å². The summed E-state index contributed by atoms with van der Waals surface area (Å²) in [6.45, 7) is 0.960. The molecule has 2 aliphatic heterocycles. The van der Waals surface area contributed by atoms with E-state index in [1.165, 1.54) is 49.8 Å². The Kier molecular flexibility index (Phi) is 7.51. The van der Waals surface area contributed by atoms with Crippen LogP contribution in [-0.2, 0) is 16.0 Å². The lowest BCUT2D eigenvalue weighted by molar-refractivity contribution is -0.131. The van der Waals surface area contributed by atoms with Crippen molar-refractivity contribution in [1.29, 1.82) is 0 Å². The van der Waals surface area contributed by atoms with Crippen LogP contribution in [0.1, 0.15) is 75.0 Å². The highest BCUT2D eigenvalue weighted by Gasteiger charge is 2.46. The Hall–Kier alpha value is -2.73. The fourth-order valence-electron chi connectivity index (χ4n) is 7.33. The minimum atomic E-state index is -0.280. The van der Waals surface area contributed by atoms with E-state index in [1.54, 1.807) is 12.1 Å². The second-order valence-corrected chi connectivity index (χ2v) is 12.1. The first-order chi connectivity index (χ1) is 18.5.